The minimum absolute atomic E-state index is 0.110. The van der Waals surface area contributed by atoms with Crippen LogP contribution in [0.5, 0.6) is 0 Å². The van der Waals surface area contributed by atoms with Crippen LogP contribution in [0.15, 0.2) is 36.6 Å². The van der Waals surface area contributed by atoms with Crippen LogP contribution in [0.4, 0.5) is 11.5 Å². The SMILES string of the molecule is CC[C@H]1OC(=O)C(C)=C[C@H](C)[C@@H](O[C@@H]2O[C@H](C)C[C@@H](OC)[C@@H]2N(C)C)[C@](C)(OC)C[C@@H](C)C(=O)[C@H](C)[C@H]2C(SCCn3cnc4c(N)ncc(C(=O)Nc5c(Cl)cncc5Cl)c43)C(=O)O[C@@]21C. The Bertz CT molecular complexity index is 2330. The number of amides is 1. The molecule has 3 aliphatic heterocycles. The van der Waals surface area contributed by atoms with Gasteiger partial charge in [-0.1, -0.05) is 57.0 Å². The molecule has 0 spiro atoms. The Morgan fingerprint density at radius 3 is 2.39 bits per heavy atom. The van der Waals surface area contributed by atoms with E-state index in [0.717, 1.165) is 0 Å². The fourth-order valence-corrected chi connectivity index (χ4v) is 12.3. The highest BCUT2D eigenvalue weighted by Gasteiger charge is 2.61. The summed E-state index contributed by atoms with van der Waals surface area (Å²) in [5.41, 5.74) is 5.15. The second kappa shape index (κ2) is 21.4. The van der Waals surface area contributed by atoms with E-state index in [0.29, 0.717) is 35.2 Å². The Balaban J connectivity index is 1.32. The van der Waals surface area contributed by atoms with Gasteiger partial charge < -0.3 is 44.0 Å². The zero-order valence-electron chi connectivity index (χ0n) is 40.3. The third-order valence-corrected chi connectivity index (χ3v) is 15.6. The zero-order valence-corrected chi connectivity index (χ0v) is 42.7. The number of esters is 2. The van der Waals surface area contributed by atoms with Gasteiger partial charge in [-0.3, -0.25) is 24.3 Å². The summed E-state index contributed by atoms with van der Waals surface area (Å²) in [7, 11) is 7.18. The molecule has 3 aromatic rings. The maximum absolute atomic E-state index is 15.0. The molecule has 1 unspecified atom stereocenters. The molecule has 0 bridgehead atoms. The summed E-state index contributed by atoms with van der Waals surface area (Å²) in [4.78, 5) is 71.7. The summed E-state index contributed by atoms with van der Waals surface area (Å²) < 4.78 is 40.1. The van der Waals surface area contributed by atoms with Crippen molar-refractivity contribution in [3.63, 3.8) is 0 Å². The molecular formula is C47H65Cl2N7O10S. The number of likely N-dealkylation sites (N-methyl/N-ethyl adjacent to an activating group) is 1. The molecule has 6 rings (SSSR count). The van der Waals surface area contributed by atoms with Crippen molar-refractivity contribution in [2.75, 3.05) is 45.1 Å². The zero-order chi connectivity index (χ0) is 49.3. The first-order chi connectivity index (χ1) is 31.6. The first-order valence-corrected chi connectivity index (χ1v) is 24.4. The molecule has 0 saturated carbocycles. The number of anilines is 2. The third-order valence-electron chi connectivity index (χ3n) is 13.8. The molecule has 2 saturated heterocycles. The molecule has 67 heavy (non-hydrogen) atoms. The number of nitrogens with zero attached hydrogens (tertiary/aromatic N) is 5. The maximum atomic E-state index is 15.0. The van der Waals surface area contributed by atoms with E-state index in [1.165, 1.54) is 30.4 Å². The minimum atomic E-state index is -1.38. The lowest BCUT2D eigenvalue weighted by Gasteiger charge is -2.48. The molecule has 3 aromatic heterocycles. The number of aryl methyl sites for hydroxylation is 1. The van der Waals surface area contributed by atoms with E-state index in [4.69, 9.17) is 57.4 Å². The molecule has 0 aliphatic carbocycles. The fourth-order valence-electron chi connectivity index (χ4n) is 10.4. The number of aromatic nitrogens is 4. The molecule has 13 atom stereocenters. The minimum Gasteiger partial charge on any atom is -0.455 e. The van der Waals surface area contributed by atoms with Crippen molar-refractivity contribution >= 4 is 81.1 Å². The van der Waals surface area contributed by atoms with Crippen molar-refractivity contribution in [3.8, 4) is 0 Å². The maximum Gasteiger partial charge on any atom is 0.333 e. The Morgan fingerprint density at radius 1 is 1.07 bits per heavy atom. The highest BCUT2D eigenvalue weighted by Crippen LogP contribution is 2.49. The van der Waals surface area contributed by atoms with E-state index in [1.54, 1.807) is 39.0 Å². The average molecular weight is 991 g/mol. The van der Waals surface area contributed by atoms with Crippen LogP contribution in [-0.4, -0.2) is 135 Å². The monoisotopic (exact) mass is 989 g/mol. The molecule has 2 fully saturated rings. The van der Waals surface area contributed by atoms with Crippen LogP contribution in [0, 0.1) is 23.7 Å². The number of hydrogen-bond donors (Lipinski definition) is 2. The standard InChI is InChI=1S/C47H65Cl2N7O10S/c1-13-32-47(8)33(39(44(60)66-47)67-15-14-56-22-53-35-36(56)28(19-52-41(35)50)42(58)54-34-29(48)20-51-21-30(34)49)27(6)38(57)25(4)18-46(7,62-12)40(23(2)16-24(3)43(59)64-32)65-45-37(55(9)10)31(61-11)17-26(5)63-45/h16,19-23,25-27,31-33,37,39-40,45H,13-15,17-18H2,1-12H3,(H2,50,52)(H,51,54,58)/t23-,25+,26+,27+,31+,32+,33-,37-,39?,40+,45-,46+,47+/m0/s1. The van der Waals surface area contributed by atoms with E-state index in [9.17, 15) is 19.2 Å². The van der Waals surface area contributed by atoms with Crippen molar-refractivity contribution in [2.24, 2.45) is 23.7 Å². The molecule has 368 valence electrons. The number of carbonyl (C=O) groups is 4. The first kappa shape index (κ1) is 52.5. The number of thioether (sulfide) groups is 1. The lowest BCUT2D eigenvalue weighted by atomic mass is 9.70. The highest BCUT2D eigenvalue weighted by molar-refractivity contribution is 8.00. The van der Waals surface area contributed by atoms with Crippen LogP contribution in [0.1, 0.15) is 85.0 Å². The number of ether oxygens (including phenoxy) is 6. The predicted molar refractivity (Wildman–Crippen MR) is 257 cm³/mol. The summed E-state index contributed by atoms with van der Waals surface area (Å²) in [6, 6.07) is -0.268. The molecule has 0 aromatic carbocycles. The van der Waals surface area contributed by atoms with Crippen molar-refractivity contribution in [3.05, 3.63) is 52.2 Å². The summed E-state index contributed by atoms with van der Waals surface area (Å²) >= 11 is 13.9. The number of fused-ring (bicyclic) bond motifs is 2. The molecule has 3 aliphatic rings. The average Bonchev–Trinajstić information content (AvgIpc) is 3.82. The van der Waals surface area contributed by atoms with Gasteiger partial charge in [-0.05, 0) is 54.6 Å². The largest absolute Gasteiger partial charge is 0.455 e. The molecule has 3 N–H and O–H groups in total. The van der Waals surface area contributed by atoms with Gasteiger partial charge in [0.05, 0.1) is 63.1 Å². The lowest BCUT2D eigenvalue weighted by Crippen LogP contribution is -2.59. The van der Waals surface area contributed by atoms with E-state index in [2.05, 4.69) is 20.3 Å². The van der Waals surface area contributed by atoms with Crippen LogP contribution >= 0.6 is 35.0 Å². The van der Waals surface area contributed by atoms with Crippen molar-refractivity contribution in [1.82, 2.24) is 24.4 Å². The predicted octanol–water partition coefficient (Wildman–Crippen LogP) is 7.02. The van der Waals surface area contributed by atoms with Crippen LogP contribution in [0.25, 0.3) is 11.0 Å². The number of nitrogens with one attached hydrogen (secondary N) is 1. The number of Topliss-reactive ketones (excluding diaryl/α,β-unsaturated/α-hetero) is 1. The first-order valence-electron chi connectivity index (χ1n) is 22.6. The molecule has 20 heteroatoms. The lowest BCUT2D eigenvalue weighted by molar-refractivity contribution is -0.289. The number of ketones is 1. The molecule has 17 nitrogen and oxygen atoms in total. The topological polar surface area (TPSA) is 209 Å². The van der Waals surface area contributed by atoms with Crippen LogP contribution in [0.2, 0.25) is 10.0 Å². The molecule has 1 amide bonds. The van der Waals surface area contributed by atoms with Crippen molar-refractivity contribution < 1.29 is 47.6 Å². The van der Waals surface area contributed by atoms with Gasteiger partial charge in [0.15, 0.2) is 17.7 Å². The van der Waals surface area contributed by atoms with Gasteiger partial charge in [0.25, 0.3) is 5.91 Å². The van der Waals surface area contributed by atoms with Gasteiger partial charge in [0.1, 0.15) is 22.7 Å². The van der Waals surface area contributed by atoms with Gasteiger partial charge in [0, 0.05) is 80.8 Å². The number of cyclic esters (lactones) is 1. The summed E-state index contributed by atoms with van der Waals surface area (Å²) in [6.45, 7) is 15.1. The van der Waals surface area contributed by atoms with Gasteiger partial charge in [-0.15, -0.1) is 11.8 Å². The number of nitrogens with two attached hydrogens (primary N) is 1. The summed E-state index contributed by atoms with van der Waals surface area (Å²) in [5.74, 6) is -3.85. The molecular weight excluding hydrogens is 926 g/mol. The van der Waals surface area contributed by atoms with E-state index >= 15 is 0 Å². The van der Waals surface area contributed by atoms with E-state index < -0.39 is 76.5 Å². The van der Waals surface area contributed by atoms with Gasteiger partial charge in [0.2, 0.25) is 0 Å². The molecule has 0 radical (unpaired) electrons. The normalized spacial score (nSPS) is 33.2. The Labute approximate surface area is 406 Å². The Hall–Kier alpha value is -3.88. The number of nitrogen functional groups attached to an aromatic ring is 1. The van der Waals surface area contributed by atoms with Gasteiger partial charge >= 0.3 is 11.9 Å². The van der Waals surface area contributed by atoms with Gasteiger partial charge in [-0.25, -0.2) is 14.8 Å². The van der Waals surface area contributed by atoms with Gasteiger partial charge in [-0.2, -0.15) is 0 Å². The third kappa shape index (κ3) is 10.7. The molecule has 6 heterocycles. The van der Waals surface area contributed by atoms with Crippen LogP contribution < -0.4 is 11.1 Å². The smallest absolute Gasteiger partial charge is 0.333 e. The fraction of sp³-hybridized carbons (Fsp3) is 0.638. The quantitative estimate of drug-likeness (QED) is 0.175. The number of rotatable bonds is 12. The van der Waals surface area contributed by atoms with Crippen LogP contribution in [-0.2, 0) is 49.3 Å². The Morgan fingerprint density at radius 2 is 1.76 bits per heavy atom. The number of imidazole rings is 1. The number of methoxy groups -OCH3 is 2. The number of pyridine rings is 2. The number of hydrogen-bond acceptors (Lipinski definition) is 16. The van der Waals surface area contributed by atoms with Crippen molar-refractivity contribution in [1.29, 1.82) is 0 Å². The summed E-state index contributed by atoms with van der Waals surface area (Å²) in [5, 5.41) is 2.19. The Kier molecular flexibility index (Phi) is 16.8. The second-order valence-corrected chi connectivity index (χ2v) is 20.8. The van der Waals surface area contributed by atoms with E-state index in [1.807, 2.05) is 66.6 Å². The second-order valence-electron chi connectivity index (χ2n) is 18.7. The number of carbonyl (C=O) groups excluding carboxylic acids is 4. The number of halogens is 2. The van der Waals surface area contributed by atoms with Crippen molar-refractivity contribution in [2.45, 2.75) is 134 Å². The highest BCUT2D eigenvalue weighted by atomic mass is 35.5. The summed E-state index contributed by atoms with van der Waals surface area (Å²) in [6.07, 6.45) is 5.96. The van der Waals surface area contributed by atoms with E-state index in [-0.39, 0.29) is 64.1 Å². The van der Waals surface area contributed by atoms with Crippen LogP contribution in [0.3, 0.4) is 0 Å².